The van der Waals surface area contributed by atoms with Crippen molar-refractivity contribution >= 4 is 5.97 Å². The molecule has 0 amide bonds. The number of esters is 1. The summed E-state index contributed by atoms with van der Waals surface area (Å²) in [7, 11) is 3.41. The number of carbonyl (C=O) groups excluding carboxylic acids is 1. The average molecular weight is 261 g/mol. The molecule has 1 saturated carbocycles. The Morgan fingerprint density at radius 1 is 1.37 bits per heavy atom. The van der Waals surface area contributed by atoms with Gasteiger partial charge in [-0.3, -0.25) is 4.79 Å². The Balaban J connectivity index is 2.44. The minimum Gasteiger partial charge on any atom is -0.469 e. The molecule has 0 bridgehead atoms. The topological polar surface area (TPSA) is 38.3 Å². The van der Waals surface area contributed by atoms with Crippen LogP contribution in [0.2, 0.25) is 0 Å². The number of methoxy groups -OCH3 is 1. The van der Waals surface area contributed by atoms with Gasteiger partial charge in [-0.2, -0.15) is 0 Å². The first-order valence-corrected chi connectivity index (χ1v) is 6.88. The number of hydrogen-bond donors (Lipinski definition) is 1. The number of ether oxygens (including phenoxy) is 1. The third-order valence-electron chi connectivity index (χ3n) is 4.42. The van der Waals surface area contributed by atoms with Gasteiger partial charge in [-0.05, 0) is 44.9 Å². The fourth-order valence-corrected chi connectivity index (χ4v) is 3.17. The largest absolute Gasteiger partial charge is 0.469 e. The first kappa shape index (κ1) is 14.1. The summed E-state index contributed by atoms with van der Waals surface area (Å²) in [6.07, 6.45) is 2.90. The zero-order valence-corrected chi connectivity index (χ0v) is 12.2. The summed E-state index contributed by atoms with van der Waals surface area (Å²) in [4.78, 5) is 12.2. The number of benzene rings is 1. The molecule has 1 N–H and O–H groups in total. The highest BCUT2D eigenvalue weighted by Crippen LogP contribution is 2.51. The van der Waals surface area contributed by atoms with E-state index >= 15 is 0 Å². The lowest BCUT2D eigenvalue weighted by atomic mass is 9.62. The highest BCUT2D eigenvalue weighted by atomic mass is 16.5. The molecule has 1 atom stereocenters. The van der Waals surface area contributed by atoms with E-state index in [0.717, 1.165) is 19.3 Å². The molecule has 1 aliphatic rings. The summed E-state index contributed by atoms with van der Waals surface area (Å²) >= 11 is 0. The van der Waals surface area contributed by atoms with Gasteiger partial charge in [0.15, 0.2) is 0 Å². The highest BCUT2D eigenvalue weighted by Gasteiger charge is 2.51. The molecule has 1 unspecified atom stereocenters. The number of carbonyl (C=O) groups is 1. The van der Waals surface area contributed by atoms with Gasteiger partial charge in [-0.25, -0.2) is 0 Å². The van der Waals surface area contributed by atoms with Crippen LogP contribution in [0.5, 0.6) is 0 Å². The van der Waals surface area contributed by atoms with Crippen LogP contribution in [0.25, 0.3) is 0 Å². The fraction of sp³-hybridized carbons (Fsp3) is 0.562. The van der Waals surface area contributed by atoms with E-state index in [0.29, 0.717) is 0 Å². The van der Waals surface area contributed by atoms with E-state index in [-0.39, 0.29) is 17.4 Å². The minimum atomic E-state index is -0.387. The monoisotopic (exact) mass is 261 g/mol. The van der Waals surface area contributed by atoms with Gasteiger partial charge in [0.25, 0.3) is 0 Å². The summed E-state index contributed by atoms with van der Waals surface area (Å²) in [5, 5.41) is 3.34. The van der Waals surface area contributed by atoms with Crippen molar-refractivity contribution in [1.29, 1.82) is 0 Å². The maximum absolute atomic E-state index is 12.2. The summed E-state index contributed by atoms with van der Waals surface area (Å²) < 4.78 is 5.05. The van der Waals surface area contributed by atoms with E-state index in [1.165, 1.54) is 23.8 Å². The van der Waals surface area contributed by atoms with Gasteiger partial charge in [0.2, 0.25) is 0 Å². The van der Waals surface area contributed by atoms with Crippen molar-refractivity contribution in [2.45, 2.75) is 39.2 Å². The zero-order chi connectivity index (χ0) is 14.0. The van der Waals surface area contributed by atoms with E-state index in [9.17, 15) is 4.79 Å². The van der Waals surface area contributed by atoms with Crippen LogP contribution in [0.3, 0.4) is 0 Å². The molecule has 0 aliphatic heterocycles. The van der Waals surface area contributed by atoms with Gasteiger partial charge in [0.05, 0.1) is 12.5 Å². The number of rotatable bonds is 4. The van der Waals surface area contributed by atoms with E-state index in [1.54, 1.807) is 0 Å². The molecule has 1 aromatic rings. The molecule has 3 heteroatoms. The van der Waals surface area contributed by atoms with E-state index in [4.69, 9.17) is 4.74 Å². The Morgan fingerprint density at radius 2 is 2.05 bits per heavy atom. The lowest BCUT2D eigenvalue weighted by molar-refractivity contribution is -0.161. The van der Waals surface area contributed by atoms with Crippen molar-refractivity contribution in [3.8, 4) is 0 Å². The summed E-state index contributed by atoms with van der Waals surface area (Å²) in [6.45, 7) is 4.18. The molecule has 0 aromatic heterocycles. The van der Waals surface area contributed by atoms with Crippen LogP contribution >= 0.6 is 0 Å². The Labute approximate surface area is 115 Å². The summed E-state index contributed by atoms with van der Waals surface area (Å²) in [5.41, 5.74) is 3.27. The maximum Gasteiger partial charge on any atom is 0.313 e. The van der Waals surface area contributed by atoms with E-state index in [1.807, 2.05) is 7.05 Å². The number of hydrogen-bond acceptors (Lipinski definition) is 3. The van der Waals surface area contributed by atoms with Crippen LogP contribution in [0.4, 0.5) is 0 Å². The smallest absolute Gasteiger partial charge is 0.313 e. The van der Waals surface area contributed by atoms with E-state index < -0.39 is 0 Å². The van der Waals surface area contributed by atoms with Gasteiger partial charge < -0.3 is 10.1 Å². The SMILES string of the molecule is CNC(c1cc(C)ccc1C)C1(C(=O)OC)CCC1. The third-order valence-corrected chi connectivity index (χ3v) is 4.42. The van der Waals surface area contributed by atoms with Gasteiger partial charge in [-0.1, -0.05) is 30.2 Å². The molecular weight excluding hydrogens is 238 g/mol. The molecule has 0 heterocycles. The third kappa shape index (κ3) is 2.27. The number of nitrogens with one attached hydrogen (secondary N) is 1. The normalized spacial score (nSPS) is 18.5. The van der Waals surface area contributed by atoms with Crippen LogP contribution in [0.1, 0.15) is 42.0 Å². The van der Waals surface area contributed by atoms with E-state index in [2.05, 4.69) is 37.4 Å². The second kappa shape index (κ2) is 5.33. The first-order valence-electron chi connectivity index (χ1n) is 6.88. The molecule has 1 aliphatic carbocycles. The van der Waals surface area contributed by atoms with Crippen molar-refractivity contribution in [3.05, 3.63) is 34.9 Å². The predicted octanol–water partition coefficient (Wildman–Crippen LogP) is 2.91. The molecular formula is C16H23NO2. The fourth-order valence-electron chi connectivity index (χ4n) is 3.17. The van der Waals surface area contributed by atoms with Gasteiger partial charge in [0, 0.05) is 6.04 Å². The van der Waals surface area contributed by atoms with Crippen molar-refractivity contribution in [2.24, 2.45) is 5.41 Å². The van der Waals surface area contributed by atoms with Crippen molar-refractivity contribution in [1.82, 2.24) is 5.32 Å². The van der Waals surface area contributed by atoms with Crippen molar-refractivity contribution in [3.63, 3.8) is 0 Å². The van der Waals surface area contributed by atoms with Crippen LogP contribution in [-0.2, 0) is 9.53 Å². The molecule has 1 fully saturated rings. The van der Waals surface area contributed by atoms with Crippen LogP contribution < -0.4 is 5.32 Å². The molecule has 104 valence electrons. The van der Waals surface area contributed by atoms with Crippen LogP contribution in [0.15, 0.2) is 18.2 Å². The van der Waals surface area contributed by atoms with Gasteiger partial charge in [-0.15, -0.1) is 0 Å². The second-order valence-corrected chi connectivity index (χ2v) is 5.58. The Kier molecular flexibility index (Phi) is 3.95. The van der Waals surface area contributed by atoms with Crippen molar-refractivity contribution < 1.29 is 9.53 Å². The molecule has 1 aromatic carbocycles. The maximum atomic E-state index is 12.2. The first-order chi connectivity index (χ1) is 9.05. The van der Waals surface area contributed by atoms with Crippen molar-refractivity contribution in [2.75, 3.05) is 14.2 Å². The molecule has 0 radical (unpaired) electrons. The van der Waals surface area contributed by atoms with Gasteiger partial charge >= 0.3 is 5.97 Å². The molecule has 0 spiro atoms. The van der Waals surface area contributed by atoms with Crippen LogP contribution in [0, 0.1) is 19.3 Å². The predicted molar refractivity (Wildman–Crippen MR) is 76.0 cm³/mol. The molecule has 2 rings (SSSR count). The quantitative estimate of drug-likeness (QED) is 0.847. The summed E-state index contributed by atoms with van der Waals surface area (Å²) in [6, 6.07) is 6.45. The molecule has 19 heavy (non-hydrogen) atoms. The lowest BCUT2D eigenvalue weighted by Crippen LogP contribution is -2.48. The number of aryl methyl sites for hydroxylation is 2. The Hall–Kier alpha value is -1.35. The second-order valence-electron chi connectivity index (χ2n) is 5.58. The minimum absolute atomic E-state index is 0.0357. The zero-order valence-electron chi connectivity index (χ0n) is 12.2. The lowest BCUT2D eigenvalue weighted by Gasteiger charge is -2.45. The Morgan fingerprint density at radius 3 is 2.53 bits per heavy atom. The Bertz CT molecular complexity index is 478. The summed E-state index contributed by atoms with van der Waals surface area (Å²) in [5.74, 6) is -0.0843. The van der Waals surface area contributed by atoms with Crippen LogP contribution in [-0.4, -0.2) is 20.1 Å². The standard InChI is InChI=1S/C16H23NO2/c1-11-6-7-12(2)13(10-11)14(17-3)16(8-5-9-16)15(18)19-4/h6-7,10,14,17H,5,8-9H2,1-4H3. The van der Waals surface area contributed by atoms with Gasteiger partial charge in [0.1, 0.15) is 0 Å². The molecule has 3 nitrogen and oxygen atoms in total. The average Bonchev–Trinajstić information content (AvgIpc) is 2.36. The molecule has 0 saturated heterocycles. The highest BCUT2D eigenvalue weighted by molar-refractivity contribution is 5.79.